The first-order valence-corrected chi connectivity index (χ1v) is 7.42. The first-order chi connectivity index (χ1) is 8.16. The molecule has 4 heteroatoms. The largest absolute Gasteiger partial charge is 0.305 e. The first-order valence-electron chi connectivity index (χ1n) is 5.37. The molecule has 0 aliphatic heterocycles. The van der Waals surface area contributed by atoms with Crippen molar-refractivity contribution in [1.82, 2.24) is 5.32 Å². The van der Waals surface area contributed by atoms with Crippen molar-refractivity contribution in [3.8, 4) is 0 Å². The molecule has 0 bridgehead atoms. The maximum atomic E-state index is 5.98. The van der Waals surface area contributed by atoms with E-state index in [1.54, 1.807) is 11.3 Å². The summed E-state index contributed by atoms with van der Waals surface area (Å²) < 4.78 is 1.17. The molecule has 2 aromatic rings. The van der Waals surface area contributed by atoms with Crippen LogP contribution in [-0.4, -0.2) is 0 Å². The van der Waals surface area contributed by atoms with E-state index in [4.69, 9.17) is 11.6 Å². The Hall–Kier alpha value is -0.350. The first kappa shape index (κ1) is 13.1. The van der Waals surface area contributed by atoms with Gasteiger partial charge in [0.15, 0.2) is 0 Å². The number of thiophene rings is 1. The zero-order chi connectivity index (χ0) is 12.3. The highest BCUT2D eigenvalue weighted by Gasteiger charge is 2.07. The predicted octanol–water partition coefficient (Wildman–Crippen LogP) is 5.01. The minimum atomic E-state index is 0.294. The lowest BCUT2D eigenvalue weighted by atomic mass is 10.1. The van der Waals surface area contributed by atoms with Gasteiger partial charge in [0, 0.05) is 27.0 Å². The van der Waals surface area contributed by atoms with Crippen LogP contribution < -0.4 is 5.32 Å². The molecule has 2 rings (SSSR count). The van der Waals surface area contributed by atoms with Crippen molar-refractivity contribution in [2.45, 2.75) is 19.5 Å². The second-order valence-electron chi connectivity index (χ2n) is 3.85. The highest BCUT2D eigenvalue weighted by atomic mass is 79.9. The molecular formula is C13H13BrClNS. The fraction of sp³-hybridized carbons (Fsp3) is 0.231. The van der Waals surface area contributed by atoms with Crippen LogP contribution in [0.4, 0.5) is 0 Å². The highest BCUT2D eigenvalue weighted by molar-refractivity contribution is 9.10. The third-order valence-corrected chi connectivity index (χ3v) is 4.77. The van der Waals surface area contributed by atoms with Gasteiger partial charge in [-0.1, -0.05) is 23.7 Å². The molecule has 1 nitrogen and oxygen atoms in total. The van der Waals surface area contributed by atoms with Crippen molar-refractivity contribution in [1.29, 1.82) is 0 Å². The summed E-state index contributed by atoms with van der Waals surface area (Å²) in [6, 6.07) is 10.3. The molecule has 0 aliphatic carbocycles. The van der Waals surface area contributed by atoms with Gasteiger partial charge in [0.1, 0.15) is 0 Å². The minimum Gasteiger partial charge on any atom is -0.305 e. The predicted molar refractivity (Wildman–Crippen MR) is 78.7 cm³/mol. The van der Waals surface area contributed by atoms with Crippen molar-refractivity contribution < 1.29 is 0 Å². The number of hydrogen-bond acceptors (Lipinski definition) is 2. The molecule has 0 amide bonds. The van der Waals surface area contributed by atoms with Crippen LogP contribution >= 0.6 is 38.9 Å². The molecule has 0 radical (unpaired) electrons. The zero-order valence-electron chi connectivity index (χ0n) is 9.41. The SMILES string of the molecule is CC(NCc1sccc1Br)c1cccc(Cl)c1. The Morgan fingerprint density at radius 2 is 2.24 bits per heavy atom. The summed E-state index contributed by atoms with van der Waals surface area (Å²) in [5.74, 6) is 0. The lowest BCUT2D eigenvalue weighted by Crippen LogP contribution is -2.17. The second-order valence-corrected chi connectivity index (χ2v) is 6.14. The standard InChI is InChI=1S/C13H13BrClNS/c1-9(10-3-2-4-11(15)7-10)16-8-13-12(14)5-6-17-13/h2-7,9,16H,8H2,1H3. The van der Waals surface area contributed by atoms with Gasteiger partial charge in [0.25, 0.3) is 0 Å². The van der Waals surface area contributed by atoms with E-state index in [9.17, 15) is 0 Å². The third-order valence-electron chi connectivity index (χ3n) is 2.61. The molecule has 0 spiro atoms. The van der Waals surface area contributed by atoms with Crippen LogP contribution in [0.25, 0.3) is 0 Å². The molecule has 0 aliphatic rings. The number of benzene rings is 1. The Morgan fingerprint density at radius 1 is 1.41 bits per heavy atom. The van der Waals surface area contributed by atoms with E-state index >= 15 is 0 Å². The van der Waals surface area contributed by atoms with Gasteiger partial charge in [-0.3, -0.25) is 0 Å². The Labute approximate surface area is 119 Å². The van der Waals surface area contributed by atoms with Gasteiger partial charge in [0.05, 0.1) is 0 Å². The van der Waals surface area contributed by atoms with Crippen LogP contribution in [0.5, 0.6) is 0 Å². The van der Waals surface area contributed by atoms with Gasteiger partial charge in [-0.2, -0.15) is 0 Å². The Kier molecular flexibility index (Phi) is 4.62. The molecule has 1 aromatic heterocycles. The normalized spacial score (nSPS) is 12.6. The highest BCUT2D eigenvalue weighted by Crippen LogP contribution is 2.24. The minimum absolute atomic E-state index is 0.294. The fourth-order valence-electron chi connectivity index (χ4n) is 1.59. The van der Waals surface area contributed by atoms with Crippen molar-refractivity contribution >= 4 is 38.9 Å². The molecule has 0 saturated carbocycles. The summed E-state index contributed by atoms with van der Waals surface area (Å²) in [6.07, 6.45) is 0. The van der Waals surface area contributed by atoms with Crippen molar-refractivity contribution in [2.24, 2.45) is 0 Å². The van der Waals surface area contributed by atoms with Crippen LogP contribution in [0.2, 0.25) is 5.02 Å². The van der Waals surface area contributed by atoms with Gasteiger partial charge in [-0.15, -0.1) is 11.3 Å². The zero-order valence-corrected chi connectivity index (χ0v) is 12.6. The topological polar surface area (TPSA) is 12.0 Å². The van der Waals surface area contributed by atoms with E-state index in [2.05, 4.69) is 45.7 Å². The Morgan fingerprint density at radius 3 is 2.88 bits per heavy atom. The lowest BCUT2D eigenvalue weighted by Gasteiger charge is -2.14. The quantitative estimate of drug-likeness (QED) is 0.830. The van der Waals surface area contributed by atoms with Crippen LogP contribution in [-0.2, 0) is 6.54 Å². The summed E-state index contributed by atoms with van der Waals surface area (Å²) in [6.45, 7) is 3.01. The van der Waals surface area contributed by atoms with Crippen LogP contribution in [0.1, 0.15) is 23.4 Å². The molecule has 1 N–H and O–H groups in total. The van der Waals surface area contributed by atoms with E-state index in [0.29, 0.717) is 6.04 Å². The summed E-state index contributed by atoms with van der Waals surface area (Å²) >= 11 is 11.3. The average Bonchev–Trinajstić information content (AvgIpc) is 2.72. The summed E-state index contributed by atoms with van der Waals surface area (Å²) in [5, 5.41) is 6.37. The van der Waals surface area contributed by atoms with Gasteiger partial charge < -0.3 is 5.32 Å². The third kappa shape index (κ3) is 3.55. The molecule has 0 saturated heterocycles. The van der Waals surface area contributed by atoms with E-state index < -0.39 is 0 Å². The van der Waals surface area contributed by atoms with Gasteiger partial charge >= 0.3 is 0 Å². The van der Waals surface area contributed by atoms with Gasteiger partial charge in [-0.25, -0.2) is 0 Å². The molecule has 1 unspecified atom stereocenters. The maximum Gasteiger partial charge on any atom is 0.0409 e. The molecule has 1 heterocycles. The summed E-state index contributed by atoms with van der Waals surface area (Å²) in [7, 11) is 0. The fourth-order valence-corrected chi connectivity index (χ4v) is 3.23. The van der Waals surface area contributed by atoms with Crippen molar-refractivity contribution in [2.75, 3.05) is 0 Å². The van der Waals surface area contributed by atoms with Crippen molar-refractivity contribution in [3.05, 3.63) is 55.6 Å². The maximum absolute atomic E-state index is 5.98. The van der Waals surface area contributed by atoms with Crippen molar-refractivity contribution in [3.63, 3.8) is 0 Å². The average molecular weight is 331 g/mol. The molecule has 1 aromatic carbocycles. The van der Waals surface area contributed by atoms with Gasteiger partial charge in [-0.05, 0) is 52.0 Å². The van der Waals surface area contributed by atoms with E-state index in [-0.39, 0.29) is 0 Å². The van der Waals surface area contributed by atoms with Crippen LogP contribution in [0.15, 0.2) is 40.2 Å². The number of nitrogens with one attached hydrogen (secondary N) is 1. The summed E-state index contributed by atoms with van der Waals surface area (Å²) in [5.41, 5.74) is 1.21. The molecule has 0 fully saturated rings. The smallest absolute Gasteiger partial charge is 0.0409 e. The van der Waals surface area contributed by atoms with Crippen LogP contribution in [0, 0.1) is 0 Å². The monoisotopic (exact) mass is 329 g/mol. The van der Waals surface area contributed by atoms with Gasteiger partial charge in [0.2, 0.25) is 0 Å². The summed E-state index contributed by atoms with van der Waals surface area (Å²) in [4.78, 5) is 1.32. The number of rotatable bonds is 4. The molecule has 90 valence electrons. The van der Waals surface area contributed by atoms with Crippen LogP contribution in [0.3, 0.4) is 0 Å². The van der Waals surface area contributed by atoms with E-state index in [1.807, 2.05) is 18.2 Å². The number of hydrogen-bond donors (Lipinski definition) is 1. The Bertz CT molecular complexity index is 498. The lowest BCUT2D eigenvalue weighted by molar-refractivity contribution is 0.578. The number of halogens is 2. The molecule has 17 heavy (non-hydrogen) atoms. The Balaban J connectivity index is 1.98. The van der Waals surface area contributed by atoms with E-state index in [0.717, 1.165) is 11.6 Å². The molecular weight excluding hydrogens is 318 g/mol. The molecule has 1 atom stereocenters. The second kappa shape index (κ2) is 6.01. The van der Waals surface area contributed by atoms with E-state index in [1.165, 1.54) is 14.9 Å².